The molecule has 2 aromatic carbocycles. The first-order valence-corrected chi connectivity index (χ1v) is 10.4. The highest BCUT2D eigenvalue weighted by Crippen LogP contribution is 2.26. The van der Waals surface area contributed by atoms with E-state index in [-0.39, 0.29) is 23.7 Å². The van der Waals surface area contributed by atoms with Crippen LogP contribution in [0, 0.1) is 11.6 Å². The highest BCUT2D eigenvalue weighted by molar-refractivity contribution is 5.32. The van der Waals surface area contributed by atoms with E-state index in [0.29, 0.717) is 0 Å². The van der Waals surface area contributed by atoms with Gasteiger partial charge in [0.25, 0.3) is 0 Å². The lowest BCUT2D eigenvalue weighted by Crippen LogP contribution is -2.47. The van der Waals surface area contributed by atoms with E-state index in [1.807, 2.05) is 30.3 Å². The largest absolute Gasteiger partial charge is 0.309 e. The molecule has 0 radical (unpaired) electrons. The Morgan fingerprint density at radius 3 is 2.47 bits per heavy atom. The van der Waals surface area contributed by atoms with Crippen LogP contribution in [-0.4, -0.2) is 28.5 Å². The van der Waals surface area contributed by atoms with E-state index in [1.54, 1.807) is 24.5 Å². The highest BCUT2D eigenvalue weighted by Gasteiger charge is 2.27. The van der Waals surface area contributed by atoms with E-state index >= 15 is 0 Å². The zero-order valence-corrected chi connectivity index (χ0v) is 17.2. The molecule has 30 heavy (non-hydrogen) atoms. The Morgan fingerprint density at radius 2 is 1.70 bits per heavy atom. The molecule has 0 amide bonds. The number of nitrogens with zero attached hydrogens (tertiary/aromatic N) is 2. The van der Waals surface area contributed by atoms with Gasteiger partial charge in [0, 0.05) is 44.1 Å². The fourth-order valence-electron chi connectivity index (χ4n) is 4.19. The van der Waals surface area contributed by atoms with Crippen molar-refractivity contribution >= 4 is 0 Å². The van der Waals surface area contributed by atoms with Crippen LogP contribution in [0.4, 0.5) is 8.78 Å². The Labute approximate surface area is 176 Å². The number of hydrogen-bond acceptors (Lipinski definition) is 3. The van der Waals surface area contributed by atoms with Gasteiger partial charge in [-0.1, -0.05) is 18.2 Å². The molecule has 5 heteroatoms. The van der Waals surface area contributed by atoms with E-state index in [2.05, 4.69) is 22.1 Å². The molecule has 3 nitrogen and oxygen atoms in total. The number of fused-ring (bicyclic) bond motifs is 1. The van der Waals surface area contributed by atoms with Gasteiger partial charge in [0.15, 0.2) is 0 Å². The van der Waals surface area contributed by atoms with E-state index in [9.17, 15) is 8.78 Å². The average molecular weight is 408 g/mol. The molecular weight excluding hydrogens is 380 g/mol. The van der Waals surface area contributed by atoms with Crippen LogP contribution in [0.15, 0.2) is 67.0 Å². The molecule has 0 unspecified atom stereocenters. The van der Waals surface area contributed by atoms with Crippen LogP contribution < -0.4 is 5.32 Å². The number of pyridine rings is 1. The third-order valence-corrected chi connectivity index (χ3v) is 5.81. The van der Waals surface area contributed by atoms with E-state index in [1.165, 1.54) is 23.3 Å². The van der Waals surface area contributed by atoms with E-state index in [0.717, 1.165) is 43.6 Å². The molecule has 0 aliphatic carbocycles. The van der Waals surface area contributed by atoms with Crippen LogP contribution in [0.25, 0.3) is 0 Å². The Hall–Kier alpha value is -2.63. The van der Waals surface area contributed by atoms with Crippen molar-refractivity contribution in [1.29, 1.82) is 0 Å². The Bertz CT molecular complexity index is 960. The number of benzene rings is 2. The van der Waals surface area contributed by atoms with E-state index in [4.69, 9.17) is 0 Å². The van der Waals surface area contributed by atoms with Crippen molar-refractivity contribution in [2.75, 3.05) is 6.54 Å². The maximum atomic E-state index is 13.8. The number of nitrogens with one attached hydrogen (secondary N) is 1. The lowest BCUT2D eigenvalue weighted by atomic mass is 9.90. The zero-order valence-electron chi connectivity index (χ0n) is 17.2. The number of aromatic nitrogens is 1. The number of hydrogen-bond donors (Lipinski definition) is 1. The molecule has 0 saturated carbocycles. The van der Waals surface area contributed by atoms with Gasteiger partial charge in [-0.15, -0.1) is 0 Å². The molecule has 0 bridgehead atoms. The molecule has 4 rings (SSSR count). The number of rotatable bonds is 7. The molecule has 1 aliphatic rings. The summed E-state index contributed by atoms with van der Waals surface area (Å²) < 4.78 is 27.1. The lowest BCUT2D eigenvalue weighted by molar-refractivity contribution is 0.154. The molecule has 1 aromatic heterocycles. The van der Waals surface area contributed by atoms with Gasteiger partial charge >= 0.3 is 0 Å². The summed E-state index contributed by atoms with van der Waals surface area (Å²) in [7, 11) is 0. The molecule has 0 spiro atoms. The fraction of sp³-hybridized carbons (Fsp3) is 0.320. The van der Waals surface area contributed by atoms with Crippen molar-refractivity contribution < 1.29 is 8.78 Å². The van der Waals surface area contributed by atoms with Crippen molar-refractivity contribution in [3.63, 3.8) is 0 Å². The van der Waals surface area contributed by atoms with Crippen LogP contribution in [0.1, 0.15) is 29.2 Å². The van der Waals surface area contributed by atoms with Gasteiger partial charge in [-0.05, 0) is 78.4 Å². The average Bonchev–Trinajstić information content (AvgIpc) is 2.75. The first-order chi connectivity index (χ1) is 14.6. The molecule has 2 atom stereocenters. The normalized spacial score (nSPS) is 17.5. The minimum atomic E-state index is -0.222. The van der Waals surface area contributed by atoms with Gasteiger partial charge in [0.1, 0.15) is 11.6 Å². The van der Waals surface area contributed by atoms with Crippen molar-refractivity contribution in [3.8, 4) is 0 Å². The van der Waals surface area contributed by atoms with Gasteiger partial charge < -0.3 is 5.32 Å². The van der Waals surface area contributed by atoms with Crippen molar-refractivity contribution in [1.82, 2.24) is 15.2 Å². The van der Waals surface area contributed by atoms with Crippen molar-refractivity contribution in [2.45, 2.75) is 44.9 Å². The summed E-state index contributed by atoms with van der Waals surface area (Å²) in [6.45, 7) is 4.66. The van der Waals surface area contributed by atoms with Gasteiger partial charge in [0.2, 0.25) is 0 Å². The molecule has 0 fully saturated rings. The maximum absolute atomic E-state index is 13.8. The molecule has 3 aromatic rings. The Morgan fingerprint density at radius 1 is 0.967 bits per heavy atom. The second-order valence-corrected chi connectivity index (χ2v) is 8.17. The summed E-state index contributed by atoms with van der Waals surface area (Å²) in [6.07, 6.45) is 5.22. The minimum absolute atomic E-state index is 0.185. The van der Waals surface area contributed by atoms with Crippen LogP contribution in [0.5, 0.6) is 0 Å². The first kappa shape index (κ1) is 20.6. The lowest BCUT2D eigenvalue weighted by Gasteiger charge is -2.39. The second-order valence-electron chi connectivity index (χ2n) is 8.17. The topological polar surface area (TPSA) is 28.2 Å². The van der Waals surface area contributed by atoms with Crippen LogP contribution in [0.3, 0.4) is 0 Å². The monoisotopic (exact) mass is 407 g/mol. The molecule has 1 N–H and O–H groups in total. The maximum Gasteiger partial charge on any atom is 0.123 e. The van der Waals surface area contributed by atoms with Crippen LogP contribution >= 0.6 is 0 Å². The Kier molecular flexibility index (Phi) is 6.50. The predicted molar refractivity (Wildman–Crippen MR) is 115 cm³/mol. The molecule has 2 heterocycles. The van der Waals surface area contributed by atoms with Crippen molar-refractivity contribution in [3.05, 3.63) is 101 Å². The highest BCUT2D eigenvalue weighted by atomic mass is 19.1. The zero-order chi connectivity index (χ0) is 20.9. The minimum Gasteiger partial charge on any atom is -0.309 e. The van der Waals surface area contributed by atoms with Gasteiger partial charge in [0.05, 0.1) is 0 Å². The molecule has 0 saturated heterocycles. The summed E-state index contributed by atoms with van der Waals surface area (Å²) in [5, 5.41) is 3.59. The quantitative estimate of drug-likeness (QED) is 0.625. The van der Waals surface area contributed by atoms with Gasteiger partial charge in [-0.3, -0.25) is 9.88 Å². The summed E-state index contributed by atoms with van der Waals surface area (Å²) in [5.74, 6) is -0.407. The van der Waals surface area contributed by atoms with Gasteiger partial charge in [-0.25, -0.2) is 8.78 Å². The molecule has 1 aliphatic heterocycles. The van der Waals surface area contributed by atoms with Gasteiger partial charge in [-0.2, -0.15) is 0 Å². The summed E-state index contributed by atoms with van der Waals surface area (Å²) in [4.78, 5) is 6.53. The molecule has 156 valence electrons. The summed E-state index contributed by atoms with van der Waals surface area (Å²) in [5.41, 5.74) is 4.58. The SMILES string of the molecule is C[C@H](CN1Cc2ccc(F)cc2C[C@H]1Cc1ccc(F)cc1)NCc1ccncc1. The standard InChI is InChI=1S/C25H27F2N3/c1-18(29-15-20-8-10-28-11-9-20)16-30-17-21-4-7-24(27)13-22(21)14-25(30)12-19-2-5-23(26)6-3-19/h2-11,13,18,25,29H,12,14-17H2,1H3/t18-,25-/m1/s1. The van der Waals surface area contributed by atoms with Crippen molar-refractivity contribution in [2.24, 2.45) is 0 Å². The molecular formula is C25H27F2N3. The fourth-order valence-corrected chi connectivity index (χ4v) is 4.19. The van der Waals surface area contributed by atoms with E-state index < -0.39 is 0 Å². The second kappa shape index (κ2) is 9.45. The van der Waals surface area contributed by atoms with Crippen LogP contribution in [0.2, 0.25) is 0 Å². The predicted octanol–water partition coefficient (Wildman–Crippen LogP) is 4.51. The smallest absolute Gasteiger partial charge is 0.123 e. The summed E-state index contributed by atoms with van der Waals surface area (Å²) >= 11 is 0. The third-order valence-electron chi connectivity index (χ3n) is 5.81. The first-order valence-electron chi connectivity index (χ1n) is 10.4. The number of halogens is 2. The third kappa shape index (κ3) is 5.29. The van der Waals surface area contributed by atoms with Crippen LogP contribution in [-0.2, 0) is 25.9 Å². The summed E-state index contributed by atoms with van der Waals surface area (Å²) in [6, 6.07) is 16.4. The Balaban J connectivity index is 1.47.